The standard InChI is InChI=1S/C20H23FN2O4/c1-23(2)16(13-5-4-6-15(21)9-13)12-22-20(24)14-10-17(25-3)19-18(11-14)26-7-8-27-19/h4-6,9-11,16H,7-8,12H2,1-3H3,(H,22,24). The molecule has 0 fully saturated rings. The zero-order valence-electron chi connectivity index (χ0n) is 15.6. The number of likely N-dealkylation sites (N-methyl/N-ethyl adjacent to an activating group) is 1. The first-order chi connectivity index (χ1) is 13.0. The Morgan fingerprint density at radius 1 is 1.26 bits per heavy atom. The van der Waals surface area contributed by atoms with Gasteiger partial charge < -0.3 is 24.4 Å². The van der Waals surface area contributed by atoms with Gasteiger partial charge in [-0.05, 0) is 43.9 Å². The lowest BCUT2D eigenvalue weighted by Gasteiger charge is -2.25. The third kappa shape index (κ3) is 4.31. The number of carbonyl (C=O) groups excluding carboxylic acids is 1. The van der Waals surface area contributed by atoms with Gasteiger partial charge in [-0.25, -0.2) is 4.39 Å². The maximum absolute atomic E-state index is 13.6. The second kappa shape index (κ2) is 8.26. The van der Waals surface area contributed by atoms with E-state index in [2.05, 4.69) is 5.32 Å². The molecule has 1 heterocycles. The Labute approximate surface area is 157 Å². The molecular formula is C20H23FN2O4. The molecule has 0 aromatic heterocycles. The number of amides is 1. The van der Waals surface area contributed by atoms with E-state index < -0.39 is 0 Å². The zero-order chi connectivity index (χ0) is 19.4. The fraction of sp³-hybridized carbons (Fsp3) is 0.350. The van der Waals surface area contributed by atoms with Crippen LogP contribution in [0.2, 0.25) is 0 Å². The lowest BCUT2D eigenvalue weighted by atomic mass is 10.1. The van der Waals surface area contributed by atoms with Crippen LogP contribution in [-0.2, 0) is 0 Å². The number of benzene rings is 2. The molecule has 1 aliphatic rings. The van der Waals surface area contributed by atoms with Crippen molar-refractivity contribution in [3.8, 4) is 17.2 Å². The van der Waals surface area contributed by atoms with Gasteiger partial charge in [-0.2, -0.15) is 0 Å². The average Bonchev–Trinajstić information content (AvgIpc) is 2.66. The van der Waals surface area contributed by atoms with Crippen LogP contribution in [0.3, 0.4) is 0 Å². The van der Waals surface area contributed by atoms with Crippen LogP contribution in [0.5, 0.6) is 17.2 Å². The van der Waals surface area contributed by atoms with Gasteiger partial charge in [-0.3, -0.25) is 4.79 Å². The highest BCUT2D eigenvalue weighted by Gasteiger charge is 2.22. The molecule has 0 saturated carbocycles. The van der Waals surface area contributed by atoms with Crippen molar-refractivity contribution in [2.45, 2.75) is 6.04 Å². The number of methoxy groups -OCH3 is 1. The molecule has 1 N–H and O–H groups in total. The first kappa shape index (κ1) is 19.0. The SMILES string of the molecule is COc1cc(C(=O)NCC(c2cccc(F)c2)N(C)C)cc2c1OCCO2. The van der Waals surface area contributed by atoms with E-state index in [0.29, 0.717) is 42.6 Å². The molecule has 6 nitrogen and oxygen atoms in total. The van der Waals surface area contributed by atoms with Crippen LogP contribution < -0.4 is 19.5 Å². The largest absolute Gasteiger partial charge is 0.493 e. The third-order valence-corrected chi connectivity index (χ3v) is 4.40. The van der Waals surface area contributed by atoms with Crippen molar-refractivity contribution in [3.05, 3.63) is 53.3 Å². The van der Waals surface area contributed by atoms with E-state index in [4.69, 9.17) is 14.2 Å². The Balaban J connectivity index is 1.76. The van der Waals surface area contributed by atoms with Crippen molar-refractivity contribution in [2.24, 2.45) is 0 Å². The highest BCUT2D eigenvalue weighted by molar-refractivity contribution is 5.95. The summed E-state index contributed by atoms with van der Waals surface area (Å²) in [4.78, 5) is 14.6. The quantitative estimate of drug-likeness (QED) is 0.842. The summed E-state index contributed by atoms with van der Waals surface area (Å²) in [6.45, 7) is 1.18. The molecule has 0 radical (unpaired) electrons. The molecule has 27 heavy (non-hydrogen) atoms. The number of fused-ring (bicyclic) bond motifs is 1. The molecule has 1 amide bonds. The Hall–Kier alpha value is -2.80. The smallest absolute Gasteiger partial charge is 0.251 e. The third-order valence-electron chi connectivity index (χ3n) is 4.40. The van der Waals surface area contributed by atoms with Crippen molar-refractivity contribution in [2.75, 3.05) is 41.0 Å². The van der Waals surface area contributed by atoms with Gasteiger partial charge in [0.2, 0.25) is 5.75 Å². The van der Waals surface area contributed by atoms with Crippen LogP contribution in [0.4, 0.5) is 4.39 Å². The van der Waals surface area contributed by atoms with Crippen LogP contribution >= 0.6 is 0 Å². The maximum Gasteiger partial charge on any atom is 0.251 e. The van der Waals surface area contributed by atoms with Gasteiger partial charge in [0.1, 0.15) is 19.0 Å². The number of rotatable bonds is 6. The Morgan fingerprint density at radius 3 is 2.74 bits per heavy atom. The monoisotopic (exact) mass is 374 g/mol. The molecule has 7 heteroatoms. The molecule has 3 rings (SSSR count). The number of hydrogen-bond donors (Lipinski definition) is 1. The number of carbonyl (C=O) groups is 1. The van der Waals surface area contributed by atoms with Gasteiger partial charge in [0.15, 0.2) is 11.5 Å². The summed E-state index contributed by atoms with van der Waals surface area (Å²) in [7, 11) is 5.28. The fourth-order valence-corrected chi connectivity index (χ4v) is 3.01. The van der Waals surface area contributed by atoms with Crippen molar-refractivity contribution < 1.29 is 23.4 Å². The molecule has 1 unspecified atom stereocenters. The fourth-order valence-electron chi connectivity index (χ4n) is 3.01. The van der Waals surface area contributed by atoms with E-state index in [-0.39, 0.29) is 17.8 Å². The van der Waals surface area contributed by atoms with Crippen LogP contribution in [0.15, 0.2) is 36.4 Å². The first-order valence-corrected chi connectivity index (χ1v) is 8.67. The molecule has 0 bridgehead atoms. The van der Waals surface area contributed by atoms with E-state index in [0.717, 1.165) is 5.56 Å². The molecule has 1 aliphatic heterocycles. The van der Waals surface area contributed by atoms with Gasteiger partial charge in [-0.1, -0.05) is 12.1 Å². The van der Waals surface area contributed by atoms with Gasteiger partial charge in [-0.15, -0.1) is 0 Å². The minimum Gasteiger partial charge on any atom is -0.493 e. The predicted octanol–water partition coefficient (Wildman–Crippen LogP) is 2.64. The summed E-state index contributed by atoms with van der Waals surface area (Å²) in [6.07, 6.45) is 0. The summed E-state index contributed by atoms with van der Waals surface area (Å²) in [5.41, 5.74) is 1.20. The number of hydrogen-bond acceptors (Lipinski definition) is 5. The van der Waals surface area contributed by atoms with Crippen molar-refractivity contribution in [1.29, 1.82) is 0 Å². The van der Waals surface area contributed by atoms with E-state index in [9.17, 15) is 9.18 Å². The van der Waals surface area contributed by atoms with E-state index >= 15 is 0 Å². The van der Waals surface area contributed by atoms with Crippen molar-refractivity contribution in [3.63, 3.8) is 0 Å². The number of ether oxygens (including phenoxy) is 3. The van der Waals surface area contributed by atoms with E-state index in [1.165, 1.54) is 19.2 Å². The molecule has 0 spiro atoms. The maximum atomic E-state index is 13.6. The van der Waals surface area contributed by atoms with E-state index in [1.807, 2.05) is 25.1 Å². The number of nitrogens with zero attached hydrogens (tertiary/aromatic N) is 1. The van der Waals surface area contributed by atoms with Crippen molar-refractivity contribution in [1.82, 2.24) is 10.2 Å². The average molecular weight is 374 g/mol. The van der Waals surface area contributed by atoms with Gasteiger partial charge in [0.05, 0.1) is 13.2 Å². The molecule has 2 aromatic carbocycles. The first-order valence-electron chi connectivity index (χ1n) is 8.67. The topological polar surface area (TPSA) is 60.0 Å². The Kier molecular flexibility index (Phi) is 5.81. The molecule has 1 atom stereocenters. The zero-order valence-corrected chi connectivity index (χ0v) is 15.6. The lowest BCUT2D eigenvalue weighted by Crippen LogP contribution is -2.34. The second-order valence-electron chi connectivity index (χ2n) is 6.45. The molecule has 144 valence electrons. The predicted molar refractivity (Wildman–Crippen MR) is 99.1 cm³/mol. The number of halogens is 1. The summed E-state index contributed by atoms with van der Waals surface area (Å²) in [5, 5.41) is 2.90. The summed E-state index contributed by atoms with van der Waals surface area (Å²) in [6, 6.07) is 9.47. The van der Waals surface area contributed by atoms with E-state index in [1.54, 1.807) is 18.2 Å². The summed E-state index contributed by atoms with van der Waals surface area (Å²) in [5.74, 6) is 0.869. The van der Waals surface area contributed by atoms with Crippen LogP contribution in [0.1, 0.15) is 22.0 Å². The molecule has 0 saturated heterocycles. The van der Waals surface area contributed by atoms with Crippen LogP contribution in [-0.4, -0.2) is 51.8 Å². The van der Waals surface area contributed by atoms with Gasteiger partial charge in [0, 0.05) is 12.1 Å². The van der Waals surface area contributed by atoms with Crippen LogP contribution in [0, 0.1) is 5.82 Å². The summed E-state index contributed by atoms with van der Waals surface area (Å²) >= 11 is 0. The highest BCUT2D eigenvalue weighted by Crippen LogP contribution is 2.40. The highest BCUT2D eigenvalue weighted by atomic mass is 19.1. The Morgan fingerprint density at radius 2 is 2.04 bits per heavy atom. The summed E-state index contributed by atoms with van der Waals surface area (Å²) < 4.78 is 30.0. The van der Waals surface area contributed by atoms with Crippen LogP contribution in [0.25, 0.3) is 0 Å². The second-order valence-corrected chi connectivity index (χ2v) is 6.45. The van der Waals surface area contributed by atoms with Crippen molar-refractivity contribution >= 4 is 5.91 Å². The Bertz CT molecular complexity index is 808. The normalized spacial score (nSPS) is 14.0. The number of nitrogens with one attached hydrogen (secondary N) is 1. The lowest BCUT2D eigenvalue weighted by molar-refractivity contribution is 0.0940. The van der Waals surface area contributed by atoms with Gasteiger partial charge in [0.25, 0.3) is 5.91 Å². The molecule has 0 aliphatic carbocycles. The van der Waals surface area contributed by atoms with Gasteiger partial charge >= 0.3 is 0 Å². The minimum atomic E-state index is -0.303. The molecular weight excluding hydrogens is 351 g/mol. The minimum absolute atomic E-state index is 0.163. The molecule has 2 aromatic rings.